The van der Waals surface area contributed by atoms with Crippen LogP contribution in [0.4, 0.5) is 17.1 Å². The van der Waals surface area contributed by atoms with Gasteiger partial charge in [-0.05, 0) is 37.3 Å². The molecule has 0 heterocycles. The van der Waals surface area contributed by atoms with E-state index >= 15 is 0 Å². The second kappa shape index (κ2) is 9.96. The Morgan fingerprint density at radius 3 is 2.44 bits per heavy atom. The van der Waals surface area contributed by atoms with E-state index in [0.717, 1.165) is 5.69 Å². The van der Waals surface area contributed by atoms with E-state index in [1.165, 1.54) is 6.92 Å². The second-order valence-electron chi connectivity index (χ2n) is 5.75. The highest BCUT2D eigenvalue weighted by molar-refractivity contribution is 6.01. The highest BCUT2D eigenvalue weighted by Gasteiger charge is 2.13. The van der Waals surface area contributed by atoms with Crippen LogP contribution in [0.5, 0.6) is 0 Å². The summed E-state index contributed by atoms with van der Waals surface area (Å²) in [6, 6.07) is 14.0. The molecule has 0 atom stereocenters. The number of esters is 1. The summed E-state index contributed by atoms with van der Waals surface area (Å²) in [6.07, 6.45) is 0.210. The molecule has 27 heavy (non-hydrogen) atoms. The van der Waals surface area contributed by atoms with Gasteiger partial charge < -0.3 is 20.7 Å². The summed E-state index contributed by atoms with van der Waals surface area (Å²) in [5.41, 5.74) is 2.22. The first-order valence-corrected chi connectivity index (χ1v) is 8.67. The Morgan fingerprint density at radius 2 is 1.70 bits per heavy atom. The van der Waals surface area contributed by atoms with E-state index in [1.54, 1.807) is 43.3 Å². The molecule has 142 valence electrons. The molecule has 0 bridgehead atoms. The molecular weight excluding hydrogens is 346 g/mol. The fourth-order valence-electron chi connectivity index (χ4n) is 2.42. The maximum Gasteiger partial charge on any atom is 0.340 e. The van der Waals surface area contributed by atoms with Crippen LogP contribution in [-0.4, -0.2) is 30.9 Å². The molecule has 0 saturated carbocycles. The first-order valence-electron chi connectivity index (χ1n) is 8.67. The Labute approximate surface area is 158 Å². The zero-order valence-electron chi connectivity index (χ0n) is 15.4. The number of hydrogen-bond acceptors (Lipinski definition) is 5. The lowest BCUT2D eigenvalue weighted by Gasteiger charge is -2.11. The van der Waals surface area contributed by atoms with Gasteiger partial charge in [0.25, 0.3) is 0 Å². The van der Waals surface area contributed by atoms with E-state index in [-0.39, 0.29) is 24.8 Å². The SMILES string of the molecule is CCOC(=O)c1ccccc1NC(=O)CCNc1cccc(NC(C)=O)c1. The van der Waals surface area contributed by atoms with E-state index in [2.05, 4.69) is 16.0 Å². The Kier molecular flexibility index (Phi) is 7.37. The van der Waals surface area contributed by atoms with E-state index in [1.807, 2.05) is 12.1 Å². The van der Waals surface area contributed by atoms with Gasteiger partial charge >= 0.3 is 5.97 Å². The summed E-state index contributed by atoms with van der Waals surface area (Å²) in [4.78, 5) is 35.2. The third-order valence-electron chi connectivity index (χ3n) is 3.56. The highest BCUT2D eigenvalue weighted by Crippen LogP contribution is 2.17. The summed E-state index contributed by atoms with van der Waals surface area (Å²) >= 11 is 0. The molecule has 0 radical (unpaired) electrons. The molecule has 3 N–H and O–H groups in total. The van der Waals surface area contributed by atoms with Crippen molar-refractivity contribution in [3.8, 4) is 0 Å². The van der Waals surface area contributed by atoms with E-state index in [0.29, 0.717) is 23.5 Å². The van der Waals surface area contributed by atoms with Gasteiger partial charge in [-0.25, -0.2) is 4.79 Å². The topological polar surface area (TPSA) is 96.5 Å². The molecule has 2 rings (SSSR count). The molecule has 7 nitrogen and oxygen atoms in total. The minimum absolute atomic E-state index is 0.146. The van der Waals surface area contributed by atoms with Crippen molar-refractivity contribution < 1.29 is 19.1 Å². The summed E-state index contributed by atoms with van der Waals surface area (Å²) in [6.45, 7) is 3.84. The molecule has 0 fully saturated rings. The van der Waals surface area contributed by atoms with Crippen LogP contribution in [0, 0.1) is 0 Å². The number of para-hydroxylation sites is 1. The zero-order valence-corrected chi connectivity index (χ0v) is 15.4. The van der Waals surface area contributed by atoms with Crippen LogP contribution in [0.25, 0.3) is 0 Å². The van der Waals surface area contributed by atoms with Crippen molar-refractivity contribution in [2.75, 3.05) is 29.1 Å². The third kappa shape index (κ3) is 6.47. The number of hydrogen-bond donors (Lipinski definition) is 3. The van der Waals surface area contributed by atoms with Gasteiger partial charge in [0.05, 0.1) is 17.9 Å². The van der Waals surface area contributed by atoms with Crippen molar-refractivity contribution in [1.29, 1.82) is 0 Å². The number of amides is 2. The van der Waals surface area contributed by atoms with Gasteiger partial charge in [-0.2, -0.15) is 0 Å². The predicted octanol–water partition coefficient (Wildman–Crippen LogP) is 3.26. The molecule has 0 aromatic heterocycles. The van der Waals surface area contributed by atoms with Crippen molar-refractivity contribution in [1.82, 2.24) is 0 Å². The number of benzene rings is 2. The minimum Gasteiger partial charge on any atom is -0.462 e. The first kappa shape index (κ1) is 20.0. The molecule has 0 unspecified atom stereocenters. The number of carbonyl (C=O) groups excluding carboxylic acids is 3. The average molecular weight is 369 g/mol. The zero-order chi connectivity index (χ0) is 19.6. The maximum atomic E-state index is 12.2. The van der Waals surface area contributed by atoms with Crippen LogP contribution in [0.1, 0.15) is 30.6 Å². The fourth-order valence-corrected chi connectivity index (χ4v) is 2.42. The smallest absolute Gasteiger partial charge is 0.340 e. The molecule has 0 aliphatic carbocycles. The monoisotopic (exact) mass is 369 g/mol. The number of nitrogens with one attached hydrogen (secondary N) is 3. The largest absolute Gasteiger partial charge is 0.462 e. The van der Waals surface area contributed by atoms with Gasteiger partial charge in [0.1, 0.15) is 0 Å². The van der Waals surface area contributed by atoms with Gasteiger partial charge in [0, 0.05) is 31.3 Å². The van der Waals surface area contributed by atoms with Gasteiger partial charge in [-0.3, -0.25) is 9.59 Å². The van der Waals surface area contributed by atoms with Gasteiger partial charge in [-0.1, -0.05) is 18.2 Å². The van der Waals surface area contributed by atoms with Crippen molar-refractivity contribution in [3.05, 3.63) is 54.1 Å². The molecular formula is C20H23N3O4. The predicted molar refractivity (Wildman–Crippen MR) is 105 cm³/mol. The van der Waals surface area contributed by atoms with Gasteiger partial charge in [0.2, 0.25) is 11.8 Å². The Morgan fingerprint density at radius 1 is 0.963 bits per heavy atom. The van der Waals surface area contributed by atoms with Crippen LogP contribution >= 0.6 is 0 Å². The third-order valence-corrected chi connectivity index (χ3v) is 3.56. The van der Waals surface area contributed by atoms with E-state index < -0.39 is 5.97 Å². The van der Waals surface area contributed by atoms with E-state index in [4.69, 9.17) is 4.74 Å². The summed E-state index contributed by atoms with van der Waals surface area (Å²) in [7, 11) is 0. The Hall–Kier alpha value is -3.35. The average Bonchev–Trinajstić information content (AvgIpc) is 2.62. The van der Waals surface area contributed by atoms with Crippen LogP contribution in [0.3, 0.4) is 0 Å². The normalized spacial score (nSPS) is 10.0. The number of rotatable bonds is 8. The lowest BCUT2D eigenvalue weighted by molar-refractivity contribution is -0.116. The van der Waals surface area contributed by atoms with Crippen molar-refractivity contribution in [3.63, 3.8) is 0 Å². The number of carbonyl (C=O) groups is 3. The van der Waals surface area contributed by atoms with Crippen LogP contribution in [0.15, 0.2) is 48.5 Å². The quantitative estimate of drug-likeness (QED) is 0.621. The lowest BCUT2D eigenvalue weighted by atomic mass is 10.1. The Balaban J connectivity index is 1.89. The summed E-state index contributed by atoms with van der Waals surface area (Å²) < 4.78 is 5.00. The van der Waals surface area contributed by atoms with Crippen LogP contribution in [0.2, 0.25) is 0 Å². The maximum absolute atomic E-state index is 12.2. The van der Waals surface area contributed by atoms with Crippen molar-refractivity contribution in [2.24, 2.45) is 0 Å². The molecule has 2 aromatic rings. The summed E-state index contributed by atoms with van der Waals surface area (Å²) in [5.74, 6) is -0.842. The number of anilines is 3. The molecule has 7 heteroatoms. The second-order valence-corrected chi connectivity index (χ2v) is 5.75. The molecule has 2 aromatic carbocycles. The summed E-state index contributed by atoms with van der Waals surface area (Å²) in [5, 5.41) is 8.57. The fraction of sp³-hybridized carbons (Fsp3) is 0.250. The molecule has 0 aliphatic rings. The standard InChI is InChI=1S/C20H23N3O4/c1-3-27-20(26)17-9-4-5-10-18(17)23-19(25)11-12-21-15-7-6-8-16(13-15)22-14(2)24/h4-10,13,21H,3,11-12H2,1-2H3,(H,22,24)(H,23,25). The molecule has 0 spiro atoms. The van der Waals surface area contributed by atoms with E-state index in [9.17, 15) is 14.4 Å². The molecule has 2 amide bonds. The molecule has 0 saturated heterocycles. The Bertz CT molecular complexity index is 820. The highest BCUT2D eigenvalue weighted by atomic mass is 16.5. The first-order chi connectivity index (χ1) is 13.0. The molecule has 0 aliphatic heterocycles. The lowest BCUT2D eigenvalue weighted by Crippen LogP contribution is -2.18. The van der Waals surface area contributed by atoms with Gasteiger partial charge in [-0.15, -0.1) is 0 Å². The van der Waals surface area contributed by atoms with Crippen LogP contribution in [-0.2, 0) is 14.3 Å². The van der Waals surface area contributed by atoms with Crippen molar-refractivity contribution in [2.45, 2.75) is 20.3 Å². The van der Waals surface area contributed by atoms with Crippen molar-refractivity contribution >= 4 is 34.8 Å². The van der Waals surface area contributed by atoms with Gasteiger partial charge in [0.15, 0.2) is 0 Å². The number of ether oxygens (including phenoxy) is 1. The van der Waals surface area contributed by atoms with Crippen LogP contribution < -0.4 is 16.0 Å². The minimum atomic E-state index is -0.471.